The monoisotopic (exact) mass is 213 g/mol. The number of nitrogens with one attached hydrogen (secondary N) is 1. The van der Waals surface area contributed by atoms with Crippen LogP contribution in [0.4, 0.5) is 0 Å². The van der Waals surface area contributed by atoms with Crippen molar-refractivity contribution in [2.45, 2.75) is 52.0 Å². The third-order valence-electron chi connectivity index (χ3n) is 3.83. The van der Waals surface area contributed by atoms with Crippen molar-refractivity contribution in [2.75, 3.05) is 6.54 Å². The van der Waals surface area contributed by atoms with Crippen LogP contribution in [0, 0.1) is 11.8 Å². The zero-order valence-electron chi connectivity index (χ0n) is 10.0. The summed E-state index contributed by atoms with van der Waals surface area (Å²) >= 11 is 0. The maximum atomic E-state index is 11.2. The van der Waals surface area contributed by atoms with Crippen LogP contribution in [0.3, 0.4) is 0 Å². The van der Waals surface area contributed by atoms with Gasteiger partial charge in [-0.25, -0.2) is 0 Å². The number of carboxylic acid groups (broad SMARTS) is 1. The Kier molecular flexibility index (Phi) is 4.14. The quantitative estimate of drug-likeness (QED) is 0.736. The number of rotatable bonds is 5. The molecule has 0 spiro atoms. The van der Waals surface area contributed by atoms with Gasteiger partial charge in [0.15, 0.2) is 0 Å². The largest absolute Gasteiger partial charge is 0.480 e. The van der Waals surface area contributed by atoms with Crippen LogP contribution >= 0.6 is 0 Å². The van der Waals surface area contributed by atoms with Gasteiger partial charge in [0.25, 0.3) is 0 Å². The van der Waals surface area contributed by atoms with Crippen molar-refractivity contribution in [3.63, 3.8) is 0 Å². The van der Waals surface area contributed by atoms with Crippen molar-refractivity contribution in [3.8, 4) is 0 Å². The van der Waals surface area contributed by atoms with Crippen LogP contribution in [-0.4, -0.2) is 23.2 Å². The lowest BCUT2D eigenvalue weighted by molar-refractivity contribution is -0.146. The van der Waals surface area contributed by atoms with Gasteiger partial charge in [-0.15, -0.1) is 0 Å². The lowest BCUT2D eigenvalue weighted by Crippen LogP contribution is -2.54. The molecule has 0 heterocycles. The number of hydrogen-bond donors (Lipinski definition) is 2. The zero-order valence-corrected chi connectivity index (χ0v) is 10.0. The normalized spacial score (nSPS) is 21.9. The van der Waals surface area contributed by atoms with Gasteiger partial charge in [0, 0.05) is 0 Å². The second-order valence-corrected chi connectivity index (χ2v) is 5.19. The van der Waals surface area contributed by atoms with Crippen LogP contribution in [0.1, 0.15) is 46.5 Å². The summed E-state index contributed by atoms with van der Waals surface area (Å²) in [4.78, 5) is 11.2. The average molecular weight is 213 g/mol. The molecule has 3 nitrogen and oxygen atoms in total. The van der Waals surface area contributed by atoms with Crippen molar-refractivity contribution in [1.29, 1.82) is 0 Å². The Morgan fingerprint density at radius 2 is 2.00 bits per heavy atom. The van der Waals surface area contributed by atoms with Crippen molar-refractivity contribution in [2.24, 2.45) is 11.8 Å². The van der Waals surface area contributed by atoms with Gasteiger partial charge in [-0.05, 0) is 38.1 Å². The smallest absolute Gasteiger partial charge is 0.323 e. The molecular formula is C12H23NO2. The Hall–Kier alpha value is -0.570. The molecular weight excluding hydrogens is 190 g/mol. The molecule has 1 fully saturated rings. The summed E-state index contributed by atoms with van der Waals surface area (Å²) in [6, 6.07) is 0. The molecule has 88 valence electrons. The van der Waals surface area contributed by atoms with Crippen LogP contribution in [-0.2, 0) is 4.79 Å². The van der Waals surface area contributed by atoms with Crippen molar-refractivity contribution >= 4 is 5.97 Å². The molecule has 0 aliphatic heterocycles. The van der Waals surface area contributed by atoms with E-state index in [4.69, 9.17) is 0 Å². The molecule has 1 atom stereocenters. The molecule has 0 amide bonds. The molecule has 0 unspecified atom stereocenters. The Morgan fingerprint density at radius 1 is 1.47 bits per heavy atom. The van der Waals surface area contributed by atoms with Crippen LogP contribution < -0.4 is 5.32 Å². The summed E-state index contributed by atoms with van der Waals surface area (Å²) in [6.07, 6.45) is 5.11. The second kappa shape index (κ2) is 4.97. The topological polar surface area (TPSA) is 49.3 Å². The van der Waals surface area contributed by atoms with Crippen LogP contribution in [0.5, 0.6) is 0 Å². The fourth-order valence-corrected chi connectivity index (χ4v) is 2.10. The molecule has 0 aromatic rings. The second-order valence-electron chi connectivity index (χ2n) is 5.19. The minimum atomic E-state index is -0.775. The molecule has 2 N–H and O–H groups in total. The van der Waals surface area contributed by atoms with Crippen LogP contribution in [0.15, 0.2) is 0 Å². The van der Waals surface area contributed by atoms with Crippen molar-refractivity contribution < 1.29 is 9.90 Å². The Morgan fingerprint density at radius 3 is 2.40 bits per heavy atom. The average Bonchev–Trinajstić information content (AvgIpc) is 2.65. The van der Waals surface area contributed by atoms with E-state index < -0.39 is 11.5 Å². The van der Waals surface area contributed by atoms with Gasteiger partial charge < -0.3 is 10.4 Å². The van der Waals surface area contributed by atoms with E-state index in [1.807, 2.05) is 13.8 Å². The highest BCUT2D eigenvalue weighted by atomic mass is 16.4. The van der Waals surface area contributed by atoms with E-state index in [1.54, 1.807) is 6.92 Å². The van der Waals surface area contributed by atoms with Gasteiger partial charge in [0.2, 0.25) is 0 Å². The summed E-state index contributed by atoms with van der Waals surface area (Å²) < 4.78 is 0. The van der Waals surface area contributed by atoms with E-state index in [9.17, 15) is 9.90 Å². The van der Waals surface area contributed by atoms with E-state index in [2.05, 4.69) is 5.32 Å². The highest BCUT2D eigenvalue weighted by Crippen LogP contribution is 2.25. The van der Waals surface area contributed by atoms with Gasteiger partial charge in [-0.3, -0.25) is 4.79 Å². The summed E-state index contributed by atoms with van der Waals surface area (Å²) in [5, 5.41) is 12.5. The summed E-state index contributed by atoms with van der Waals surface area (Å²) in [5.41, 5.74) is -0.775. The number of carbonyl (C=O) groups is 1. The lowest BCUT2D eigenvalue weighted by atomic mass is 9.88. The molecule has 0 radical (unpaired) electrons. The molecule has 0 bridgehead atoms. The Labute approximate surface area is 92.3 Å². The van der Waals surface area contributed by atoms with Gasteiger partial charge in [0.05, 0.1) is 0 Å². The number of carboxylic acids is 1. The molecule has 0 aromatic carbocycles. The van der Waals surface area contributed by atoms with Crippen LogP contribution in [0.2, 0.25) is 0 Å². The Balaban J connectivity index is 2.47. The van der Waals surface area contributed by atoms with E-state index in [0.717, 1.165) is 6.54 Å². The molecule has 1 saturated carbocycles. The number of aliphatic carboxylic acids is 1. The molecule has 0 saturated heterocycles. The van der Waals surface area contributed by atoms with Crippen LogP contribution in [0.25, 0.3) is 0 Å². The minimum Gasteiger partial charge on any atom is -0.480 e. The third kappa shape index (κ3) is 2.94. The van der Waals surface area contributed by atoms with E-state index in [0.29, 0.717) is 5.92 Å². The molecule has 1 aliphatic carbocycles. The van der Waals surface area contributed by atoms with E-state index in [-0.39, 0.29) is 5.92 Å². The zero-order chi connectivity index (χ0) is 11.5. The first kappa shape index (κ1) is 12.5. The standard InChI is InChI=1S/C12H23NO2/c1-9(2)12(3,11(14)15)13-8-10-6-4-5-7-10/h9-10,13H,4-8H2,1-3H3,(H,14,15)/t12-/m0/s1. The minimum absolute atomic E-state index is 0.108. The molecule has 1 aliphatic rings. The van der Waals surface area contributed by atoms with Gasteiger partial charge in [0.1, 0.15) is 5.54 Å². The van der Waals surface area contributed by atoms with Gasteiger partial charge >= 0.3 is 5.97 Å². The predicted octanol–water partition coefficient (Wildman–Crippen LogP) is 2.27. The van der Waals surface area contributed by atoms with Crippen molar-refractivity contribution in [1.82, 2.24) is 5.32 Å². The first-order valence-electron chi connectivity index (χ1n) is 5.95. The van der Waals surface area contributed by atoms with Crippen molar-refractivity contribution in [3.05, 3.63) is 0 Å². The lowest BCUT2D eigenvalue weighted by Gasteiger charge is -2.31. The maximum absolute atomic E-state index is 11.2. The van der Waals surface area contributed by atoms with Gasteiger partial charge in [-0.2, -0.15) is 0 Å². The summed E-state index contributed by atoms with van der Waals surface area (Å²) in [6.45, 7) is 6.54. The molecule has 0 aromatic heterocycles. The van der Waals surface area contributed by atoms with E-state index in [1.165, 1.54) is 25.7 Å². The molecule has 1 rings (SSSR count). The SMILES string of the molecule is CC(C)[C@](C)(NCC1CCCC1)C(=O)O. The van der Waals surface area contributed by atoms with E-state index >= 15 is 0 Å². The number of hydrogen-bond acceptors (Lipinski definition) is 2. The maximum Gasteiger partial charge on any atom is 0.323 e. The fraction of sp³-hybridized carbons (Fsp3) is 0.917. The first-order valence-corrected chi connectivity index (χ1v) is 5.95. The highest BCUT2D eigenvalue weighted by molar-refractivity contribution is 5.78. The highest BCUT2D eigenvalue weighted by Gasteiger charge is 2.36. The summed E-state index contributed by atoms with van der Waals surface area (Å²) in [7, 11) is 0. The Bertz CT molecular complexity index is 222. The molecule has 3 heteroatoms. The third-order valence-corrected chi connectivity index (χ3v) is 3.83. The van der Waals surface area contributed by atoms with Gasteiger partial charge in [-0.1, -0.05) is 26.7 Å². The first-order chi connectivity index (χ1) is 6.97. The summed E-state index contributed by atoms with van der Waals surface area (Å²) in [5.74, 6) is 0.0503. The molecule has 15 heavy (non-hydrogen) atoms. The fourth-order valence-electron chi connectivity index (χ4n) is 2.10. The predicted molar refractivity (Wildman–Crippen MR) is 60.8 cm³/mol.